The molecular weight excluding hydrogens is 380 g/mol. The number of aryl methyl sites for hydroxylation is 2. The Kier molecular flexibility index (Phi) is 4.55. The molecule has 0 N–H and O–H groups in total. The van der Waals surface area contributed by atoms with Crippen LogP contribution in [0.4, 0.5) is 5.69 Å². The van der Waals surface area contributed by atoms with E-state index in [1.54, 1.807) is 23.2 Å². The number of anilines is 1. The van der Waals surface area contributed by atoms with E-state index in [4.69, 9.17) is 16.3 Å². The average molecular weight is 399 g/mol. The Labute approximate surface area is 167 Å². The first kappa shape index (κ1) is 18.4. The molecule has 2 aromatic rings. The van der Waals surface area contributed by atoms with Gasteiger partial charge in [-0.05, 0) is 43.2 Å². The summed E-state index contributed by atoms with van der Waals surface area (Å²) in [7, 11) is 1.50. The minimum Gasteiger partial charge on any atom is -0.495 e. The van der Waals surface area contributed by atoms with Gasteiger partial charge in [-0.3, -0.25) is 14.6 Å². The fraction of sp³-hybridized carbons (Fsp3) is 0.300. The van der Waals surface area contributed by atoms with Crippen LogP contribution in [0.15, 0.2) is 46.7 Å². The topological polar surface area (TPSA) is 74.6 Å². The van der Waals surface area contributed by atoms with Gasteiger partial charge >= 0.3 is 0 Å². The first-order valence-electron chi connectivity index (χ1n) is 8.85. The van der Waals surface area contributed by atoms with Crippen molar-refractivity contribution < 1.29 is 14.3 Å². The van der Waals surface area contributed by atoms with E-state index in [0.29, 0.717) is 23.0 Å². The van der Waals surface area contributed by atoms with Crippen molar-refractivity contribution in [2.75, 3.05) is 12.0 Å². The first-order chi connectivity index (χ1) is 13.4. The molecule has 8 heteroatoms. The number of nitrogens with zero attached hydrogens (tertiary/aromatic N) is 4. The lowest BCUT2D eigenvalue weighted by molar-refractivity contribution is -0.123. The average Bonchev–Trinajstić information content (AvgIpc) is 3.18. The van der Waals surface area contributed by atoms with Gasteiger partial charge in [-0.15, -0.1) is 0 Å². The van der Waals surface area contributed by atoms with Crippen LogP contribution in [0, 0.1) is 13.8 Å². The number of halogens is 1. The molecule has 2 aliphatic heterocycles. The van der Waals surface area contributed by atoms with Crippen LogP contribution in [0.3, 0.4) is 0 Å². The summed E-state index contributed by atoms with van der Waals surface area (Å²) in [6, 6.07) is 9.35. The number of fused-ring (bicyclic) bond motifs is 1. The van der Waals surface area contributed by atoms with Gasteiger partial charge in [-0.2, -0.15) is 5.11 Å². The molecule has 0 unspecified atom stereocenters. The molecule has 1 fully saturated rings. The second kappa shape index (κ2) is 6.91. The normalized spacial score (nSPS) is 20.9. The van der Waals surface area contributed by atoms with E-state index in [2.05, 4.69) is 16.4 Å². The van der Waals surface area contributed by atoms with Gasteiger partial charge < -0.3 is 4.74 Å². The summed E-state index contributed by atoms with van der Waals surface area (Å²) in [5, 5.41) is 10.1. The zero-order valence-corrected chi connectivity index (χ0v) is 16.5. The summed E-state index contributed by atoms with van der Waals surface area (Å²) in [5.41, 5.74) is 3.67. The molecule has 0 bridgehead atoms. The molecule has 2 amide bonds. The van der Waals surface area contributed by atoms with Crippen LogP contribution >= 0.6 is 11.6 Å². The van der Waals surface area contributed by atoms with Gasteiger partial charge in [0.15, 0.2) is 12.1 Å². The molecule has 7 nitrogen and oxygen atoms in total. The molecule has 0 spiro atoms. The molecule has 0 aromatic heterocycles. The maximum Gasteiger partial charge on any atom is 0.263 e. The zero-order valence-electron chi connectivity index (χ0n) is 15.7. The van der Waals surface area contributed by atoms with Crippen molar-refractivity contribution in [2.24, 2.45) is 10.3 Å². The quantitative estimate of drug-likeness (QED) is 0.739. The molecule has 0 saturated carbocycles. The third-order valence-electron chi connectivity index (χ3n) is 5.09. The lowest BCUT2D eigenvalue weighted by Gasteiger charge is -2.22. The Morgan fingerprint density at radius 1 is 1.11 bits per heavy atom. The smallest absolute Gasteiger partial charge is 0.263 e. The van der Waals surface area contributed by atoms with Crippen LogP contribution in [0.2, 0.25) is 5.02 Å². The maximum absolute atomic E-state index is 13.1. The number of hydrogen-bond acceptors (Lipinski definition) is 6. The number of rotatable bonds is 4. The van der Waals surface area contributed by atoms with Gasteiger partial charge in [0.05, 0.1) is 24.4 Å². The Balaban J connectivity index is 1.62. The summed E-state index contributed by atoms with van der Waals surface area (Å²) in [6.07, 6.45) is 0. The lowest BCUT2D eigenvalue weighted by atomic mass is 10.0. The van der Waals surface area contributed by atoms with Crippen LogP contribution in [0.25, 0.3) is 0 Å². The summed E-state index contributed by atoms with van der Waals surface area (Å²) in [5.74, 6) is -0.282. The SMILES string of the molecule is COc1ccc(N2C(=O)[C@H]3N=NN(Cc4cc(C)ccc4C)[C@@H]3C2=O)cc1Cl. The van der Waals surface area contributed by atoms with Crippen LogP contribution in [0.5, 0.6) is 5.75 Å². The molecule has 2 aliphatic rings. The first-order valence-corrected chi connectivity index (χ1v) is 9.23. The molecule has 4 rings (SSSR count). The number of carbonyl (C=O) groups excluding carboxylic acids is 2. The highest BCUT2D eigenvalue weighted by molar-refractivity contribution is 6.33. The number of benzene rings is 2. The molecule has 28 heavy (non-hydrogen) atoms. The van der Waals surface area contributed by atoms with E-state index < -0.39 is 18.0 Å². The van der Waals surface area contributed by atoms with Gasteiger partial charge in [0.2, 0.25) is 0 Å². The van der Waals surface area contributed by atoms with Gasteiger partial charge in [-0.1, -0.05) is 40.6 Å². The van der Waals surface area contributed by atoms with Gasteiger partial charge in [0.25, 0.3) is 11.8 Å². The minimum atomic E-state index is -0.835. The molecule has 0 radical (unpaired) electrons. The highest BCUT2D eigenvalue weighted by atomic mass is 35.5. The van der Waals surface area contributed by atoms with E-state index in [1.807, 2.05) is 26.0 Å². The fourth-order valence-corrected chi connectivity index (χ4v) is 3.80. The van der Waals surface area contributed by atoms with Crippen molar-refractivity contribution in [1.82, 2.24) is 5.01 Å². The third-order valence-corrected chi connectivity index (χ3v) is 5.38. The van der Waals surface area contributed by atoms with Gasteiger partial charge in [0, 0.05) is 0 Å². The van der Waals surface area contributed by atoms with Gasteiger partial charge in [-0.25, -0.2) is 4.90 Å². The van der Waals surface area contributed by atoms with E-state index in [1.165, 1.54) is 7.11 Å². The second-order valence-electron chi connectivity index (χ2n) is 6.95. The molecule has 144 valence electrons. The van der Waals surface area contributed by atoms with E-state index in [0.717, 1.165) is 21.6 Å². The van der Waals surface area contributed by atoms with Crippen molar-refractivity contribution in [3.8, 4) is 5.75 Å². The van der Waals surface area contributed by atoms with Crippen molar-refractivity contribution in [3.05, 3.63) is 58.1 Å². The molecule has 1 saturated heterocycles. The van der Waals surface area contributed by atoms with E-state index in [-0.39, 0.29) is 5.91 Å². The molecular formula is C20H19ClN4O3. The Morgan fingerprint density at radius 2 is 1.89 bits per heavy atom. The van der Waals surface area contributed by atoms with Crippen LogP contribution < -0.4 is 9.64 Å². The number of hydrogen-bond donors (Lipinski definition) is 0. The summed E-state index contributed by atoms with van der Waals surface area (Å²) < 4.78 is 5.13. The van der Waals surface area contributed by atoms with E-state index >= 15 is 0 Å². The fourth-order valence-electron chi connectivity index (χ4n) is 3.55. The van der Waals surface area contributed by atoms with Crippen LogP contribution in [-0.4, -0.2) is 36.0 Å². The van der Waals surface area contributed by atoms with Crippen LogP contribution in [-0.2, 0) is 16.1 Å². The maximum atomic E-state index is 13.1. The zero-order chi connectivity index (χ0) is 20.0. The largest absolute Gasteiger partial charge is 0.495 e. The number of ether oxygens (including phenoxy) is 1. The van der Waals surface area contributed by atoms with Crippen molar-refractivity contribution in [3.63, 3.8) is 0 Å². The highest BCUT2D eigenvalue weighted by Gasteiger charge is 2.54. The number of amides is 2. The highest BCUT2D eigenvalue weighted by Crippen LogP contribution is 2.36. The van der Waals surface area contributed by atoms with Crippen molar-refractivity contribution >= 4 is 29.1 Å². The molecule has 0 aliphatic carbocycles. The molecule has 2 aromatic carbocycles. The molecule has 2 heterocycles. The predicted molar refractivity (Wildman–Crippen MR) is 104 cm³/mol. The van der Waals surface area contributed by atoms with Crippen LogP contribution in [0.1, 0.15) is 16.7 Å². The third kappa shape index (κ3) is 2.92. The Bertz CT molecular complexity index is 1010. The Hall–Kier alpha value is -2.93. The minimum absolute atomic E-state index is 0.325. The van der Waals surface area contributed by atoms with Gasteiger partial charge in [0.1, 0.15) is 5.75 Å². The standard InChI is InChI=1S/C20H19ClN4O3/c1-11-4-5-12(2)13(8-11)10-24-18-17(22-23-24)19(26)25(20(18)27)14-6-7-16(28-3)15(21)9-14/h4-9,17-18H,10H2,1-3H3/t17-,18-/m0/s1. The lowest BCUT2D eigenvalue weighted by Crippen LogP contribution is -2.39. The van der Waals surface area contributed by atoms with Crippen molar-refractivity contribution in [2.45, 2.75) is 32.5 Å². The predicted octanol–water partition coefficient (Wildman–Crippen LogP) is 3.46. The molecule has 2 atom stereocenters. The summed E-state index contributed by atoms with van der Waals surface area (Å²) in [4.78, 5) is 27.1. The van der Waals surface area contributed by atoms with E-state index in [9.17, 15) is 9.59 Å². The number of carbonyl (C=O) groups is 2. The second-order valence-corrected chi connectivity index (χ2v) is 7.36. The number of methoxy groups -OCH3 is 1. The monoisotopic (exact) mass is 398 g/mol. The Morgan fingerprint density at radius 3 is 2.61 bits per heavy atom. The summed E-state index contributed by atoms with van der Waals surface area (Å²) >= 11 is 6.17. The van der Waals surface area contributed by atoms with Crippen molar-refractivity contribution in [1.29, 1.82) is 0 Å². The summed E-state index contributed by atoms with van der Waals surface area (Å²) in [6.45, 7) is 4.43. The number of imide groups is 1.